The van der Waals surface area contributed by atoms with Gasteiger partial charge in [0.2, 0.25) is 11.9 Å². The number of rotatable bonds is 4. The van der Waals surface area contributed by atoms with Crippen LogP contribution >= 0.6 is 0 Å². The summed E-state index contributed by atoms with van der Waals surface area (Å²) in [7, 11) is 1.34. The Labute approximate surface area is 128 Å². The highest BCUT2D eigenvalue weighted by Gasteiger charge is 2.11. The highest BCUT2D eigenvalue weighted by molar-refractivity contribution is 5.86. The highest BCUT2D eigenvalue weighted by Crippen LogP contribution is 2.00. The molecule has 1 heterocycles. The Kier molecular flexibility index (Phi) is 6.59. The molecule has 104 valence electrons. The molecule has 20 heavy (non-hydrogen) atoms. The molecule has 0 aliphatic carbocycles. The first-order valence-corrected chi connectivity index (χ1v) is 5.94. The van der Waals surface area contributed by atoms with Crippen LogP contribution in [0.4, 0.5) is 0 Å². The molecule has 4 nitrogen and oxygen atoms in total. The van der Waals surface area contributed by atoms with Gasteiger partial charge in [-0.1, -0.05) is 36.4 Å². The van der Waals surface area contributed by atoms with Crippen molar-refractivity contribution in [3.05, 3.63) is 66.3 Å². The van der Waals surface area contributed by atoms with Crippen LogP contribution in [0.2, 0.25) is 0 Å². The normalized spacial score (nSPS) is 10.1. The van der Waals surface area contributed by atoms with Crippen LogP contribution in [0.3, 0.4) is 0 Å². The summed E-state index contributed by atoms with van der Waals surface area (Å²) in [6.07, 6.45) is 9.12. The van der Waals surface area contributed by atoms with Gasteiger partial charge in [0.25, 0.3) is 0 Å². The van der Waals surface area contributed by atoms with Gasteiger partial charge in [-0.05, 0) is 11.6 Å². The maximum atomic E-state index is 11.3. The predicted molar refractivity (Wildman–Crippen MR) is 71.2 cm³/mol. The van der Waals surface area contributed by atoms with Crippen LogP contribution in [0.1, 0.15) is 16.1 Å². The first kappa shape index (κ1) is 16.0. The van der Waals surface area contributed by atoms with Crippen molar-refractivity contribution in [1.82, 2.24) is 4.98 Å². The summed E-state index contributed by atoms with van der Waals surface area (Å²) in [5, 5.41) is 0. The lowest BCUT2D eigenvalue weighted by Gasteiger charge is -1.96. The molecular formula is C15H15BrN2O2. The van der Waals surface area contributed by atoms with Crippen LogP contribution in [0, 0.1) is 0 Å². The molecule has 2 aromatic rings. The first-order valence-electron chi connectivity index (χ1n) is 5.94. The number of benzene rings is 1. The number of hydrogen-bond donors (Lipinski definition) is 0. The molecular weight excluding hydrogens is 320 g/mol. The van der Waals surface area contributed by atoms with Gasteiger partial charge in [-0.2, -0.15) is 4.57 Å². The number of hydrogen-bond acceptors (Lipinski definition) is 3. The summed E-state index contributed by atoms with van der Waals surface area (Å²) in [6, 6.07) is 10.0. The van der Waals surface area contributed by atoms with E-state index in [1.54, 1.807) is 12.4 Å². The van der Waals surface area contributed by atoms with Gasteiger partial charge in [0.1, 0.15) is 0 Å². The fraction of sp³-hybridized carbons (Fsp3) is 0.133. The van der Waals surface area contributed by atoms with Crippen molar-refractivity contribution in [3.8, 4) is 0 Å². The average Bonchev–Trinajstić information content (AvgIpc) is 2.48. The Morgan fingerprint density at radius 2 is 2.10 bits per heavy atom. The van der Waals surface area contributed by atoms with Gasteiger partial charge in [-0.3, -0.25) is 0 Å². The van der Waals surface area contributed by atoms with E-state index < -0.39 is 5.97 Å². The molecule has 0 N–H and O–H groups in total. The van der Waals surface area contributed by atoms with Crippen LogP contribution in [-0.2, 0) is 11.3 Å². The topological polar surface area (TPSA) is 43.1 Å². The summed E-state index contributed by atoms with van der Waals surface area (Å²) in [6.45, 7) is 0.668. The summed E-state index contributed by atoms with van der Waals surface area (Å²) in [5.41, 5.74) is 1.45. The minimum atomic E-state index is -0.429. The van der Waals surface area contributed by atoms with E-state index >= 15 is 0 Å². The Morgan fingerprint density at radius 3 is 2.80 bits per heavy atom. The van der Waals surface area contributed by atoms with Gasteiger partial charge in [0, 0.05) is 0 Å². The molecule has 0 atom stereocenters. The number of allylic oxidation sites excluding steroid dienone is 1. The first-order chi connectivity index (χ1) is 9.29. The van der Waals surface area contributed by atoms with Crippen LogP contribution in [-0.4, -0.2) is 18.1 Å². The quantitative estimate of drug-likeness (QED) is 0.525. The molecule has 0 saturated carbocycles. The molecule has 0 saturated heterocycles. The number of halogens is 1. The number of methoxy groups -OCH3 is 1. The molecule has 0 fully saturated rings. The second-order valence-corrected chi connectivity index (χ2v) is 3.94. The van der Waals surface area contributed by atoms with Gasteiger partial charge in [0.05, 0.1) is 13.3 Å². The van der Waals surface area contributed by atoms with E-state index in [1.165, 1.54) is 7.11 Å². The number of carbonyl (C=O) groups excluding carboxylic acids is 1. The summed E-state index contributed by atoms with van der Waals surface area (Å²) < 4.78 is 6.51. The van der Waals surface area contributed by atoms with Crippen molar-refractivity contribution in [2.24, 2.45) is 0 Å². The maximum absolute atomic E-state index is 11.3. The van der Waals surface area contributed by atoms with Crippen molar-refractivity contribution in [2.45, 2.75) is 6.54 Å². The van der Waals surface area contributed by atoms with Crippen LogP contribution in [0.25, 0.3) is 6.08 Å². The molecule has 0 aliphatic heterocycles. The Balaban J connectivity index is 0.00000200. The van der Waals surface area contributed by atoms with Crippen LogP contribution in [0.5, 0.6) is 0 Å². The SMILES string of the molecule is COC(=O)c1c[n+](CC=Cc2ccccc2)ccn1.[Br-]. The number of ether oxygens (including phenoxy) is 1. The standard InChI is InChI=1S/C15H15N2O2.BrH/c1-19-15(18)14-12-17(11-9-16-14)10-5-8-13-6-3-2-4-7-13;/h2-9,11-12H,10H2,1H3;1H/q+1;/p-1. The van der Waals surface area contributed by atoms with E-state index in [1.807, 2.05) is 53.2 Å². The van der Waals surface area contributed by atoms with Gasteiger partial charge in [-0.15, -0.1) is 0 Å². The molecule has 0 radical (unpaired) electrons. The van der Waals surface area contributed by atoms with Crippen molar-refractivity contribution >= 4 is 12.0 Å². The average molecular weight is 335 g/mol. The third kappa shape index (κ3) is 4.59. The lowest BCUT2D eigenvalue weighted by Crippen LogP contribution is -3.00. The predicted octanol–water partition coefficient (Wildman–Crippen LogP) is -1.13. The Bertz CT molecular complexity index is 585. The molecule has 1 aromatic carbocycles. The largest absolute Gasteiger partial charge is 1.00 e. The molecule has 0 aliphatic rings. The van der Waals surface area contributed by atoms with Gasteiger partial charge in [-0.25, -0.2) is 9.78 Å². The fourth-order valence-electron chi connectivity index (χ4n) is 1.63. The smallest absolute Gasteiger partial charge is 0.362 e. The number of carbonyl (C=O) groups is 1. The molecule has 5 heteroatoms. The maximum Gasteiger partial charge on any atom is 0.362 e. The third-order valence-corrected chi connectivity index (χ3v) is 2.58. The van der Waals surface area contributed by atoms with Crippen molar-refractivity contribution < 1.29 is 31.1 Å². The molecule has 0 amide bonds. The van der Waals surface area contributed by atoms with E-state index in [4.69, 9.17) is 0 Å². The fourth-order valence-corrected chi connectivity index (χ4v) is 1.63. The lowest BCUT2D eigenvalue weighted by atomic mass is 10.2. The molecule has 1 aromatic heterocycles. The van der Waals surface area contributed by atoms with E-state index in [0.29, 0.717) is 12.2 Å². The van der Waals surface area contributed by atoms with Crippen molar-refractivity contribution in [3.63, 3.8) is 0 Å². The van der Waals surface area contributed by atoms with E-state index in [2.05, 4.69) is 9.72 Å². The minimum absolute atomic E-state index is 0. The zero-order valence-corrected chi connectivity index (χ0v) is 12.7. The van der Waals surface area contributed by atoms with Crippen LogP contribution < -0.4 is 21.5 Å². The van der Waals surface area contributed by atoms with Crippen molar-refractivity contribution in [1.29, 1.82) is 0 Å². The van der Waals surface area contributed by atoms with E-state index in [-0.39, 0.29) is 17.0 Å². The van der Waals surface area contributed by atoms with Crippen molar-refractivity contribution in [2.75, 3.05) is 7.11 Å². The number of aromatic nitrogens is 2. The summed E-state index contributed by atoms with van der Waals surface area (Å²) in [4.78, 5) is 15.3. The number of nitrogens with zero attached hydrogens (tertiary/aromatic N) is 2. The Morgan fingerprint density at radius 1 is 1.35 bits per heavy atom. The van der Waals surface area contributed by atoms with Gasteiger partial charge in [0.15, 0.2) is 12.7 Å². The lowest BCUT2D eigenvalue weighted by molar-refractivity contribution is -0.687. The zero-order chi connectivity index (χ0) is 13.5. The van der Waals surface area contributed by atoms with Gasteiger partial charge < -0.3 is 21.7 Å². The summed E-state index contributed by atoms with van der Waals surface area (Å²) >= 11 is 0. The number of esters is 1. The second kappa shape index (κ2) is 8.22. The monoisotopic (exact) mass is 334 g/mol. The highest BCUT2D eigenvalue weighted by atomic mass is 79.9. The molecule has 0 spiro atoms. The van der Waals surface area contributed by atoms with Gasteiger partial charge >= 0.3 is 5.97 Å². The molecule has 0 unspecified atom stereocenters. The zero-order valence-electron chi connectivity index (χ0n) is 11.1. The molecule has 0 bridgehead atoms. The minimum Gasteiger partial charge on any atom is -1.00 e. The summed E-state index contributed by atoms with van der Waals surface area (Å²) in [5.74, 6) is -0.429. The van der Waals surface area contributed by atoms with Crippen LogP contribution in [0.15, 0.2) is 55.0 Å². The van der Waals surface area contributed by atoms with E-state index in [0.717, 1.165) is 5.56 Å². The Hall–Kier alpha value is -2.01. The second-order valence-electron chi connectivity index (χ2n) is 3.94. The third-order valence-electron chi connectivity index (χ3n) is 2.58. The molecule has 2 rings (SSSR count). The van der Waals surface area contributed by atoms with E-state index in [9.17, 15) is 4.79 Å².